The van der Waals surface area contributed by atoms with Crippen LogP contribution < -0.4 is 4.90 Å². The number of rotatable bonds is 3. The highest BCUT2D eigenvalue weighted by Crippen LogP contribution is 2.32. The number of ether oxygens (including phenoxy) is 1. The van der Waals surface area contributed by atoms with Crippen molar-refractivity contribution >= 4 is 11.8 Å². The van der Waals surface area contributed by atoms with Gasteiger partial charge in [0.2, 0.25) is 0 Å². The van der Waals surface area contributed by atoms with Gasteiger partial charge in [0.25, 0.3) is 0 Å². The Bertz CT molecular complexity index is 770. The molecular weight excluding hydrogens is 341 g/mol. The van der Waals surface area contributed by atoms with E-state index in [4.69, 9.17) is 4.74 Å². The van der Waals surface area contributed by atoms with E-state index < -0.39 is 23.9 Å². The van der Waals surface area contributed by atoms with Gasteiger partial charge < -0.3 is 14.7 Å². The van der Waals surface area contributed by atoms with Crippen LogP contribution in [0.5, 0.6) is 0 Å². The summed E-state index contributed by atoms with van der Waals surface area (Å²) in [6.45, 7) is 0.173. The molecule has 2 aromatic heterocycles. The first-order valence-electron chi connectivity index (χ1n) is 7.30. The molecule has 1 aliphatic rings. The number of halogens is 3. The van der Waals surface area contributed by atoms with Crippen molar-refractivity contribution in [3.63, 3.8) is 0 Å². The summed E-state index contributed by atoms with van der Waals surface area (Å²) in [5, 5.41) is 9.29. The van der Waals surface area contributed by atoms with Crippen molar-refractivity contribution in [1.82, 2.24) is 15.0 Å². The SMILES string of the molecule is O=C(O)C1COCCN1c1cc(C(F)(F)F)nc(-c2ccncc2)n1. The molecule has 1 atom stereocenters. The highest BCUT2D eigenvalue weighted by molar-refractivity contribution is 5.78. The van der Waals surface area contributed by atoms with Crippen LogP contribution in [0.2, 0.25) is 0 Å². The molecule has 1 fully saturated rings. The molecule has 0 spiro atoms. The number of hydrogen-bond acceptors (Lipinski definition) is 6. The van der Waals surface area contributed by atoms with Gasteiger partial charge in [-0.3, -0.25) is 4.98 Å². The first-order valence-corrected chi connectivity index (χ1v) is 7.30. The van der Waals surface area contributed by atoms with Crippen molar-refractivity contribution in [2.24, 2.45) is 0 Å². The zero-order valence-corrected chi connectivity index (χ0v) is 12.8. The molecule has 132 valence electrons. The van der Waals surface area contributed by atoms with Gasteiger partial charge in [-0.1, -0.05) is 0 Å². The van der Waals surface area contributed by atoms with Gasteiger partial charge in [-0.2, -0.15) is 13.2 Å². The Kier molecular flexibility index (Phi) is 4.53. The lowest BCUT2D eigenvalue weighted by atomic mass is 10.2. The molecular formula is C15H13F3N4O3. The summed E-state index contributed by atoms with van der Waals surface area (Å²) in [5.74, 6) is -1.45. The van der Waals surface area contributed by atoms with Crippen molar-refractivity contribution in [2.75, 3.05) is 24.7 Å². The average Bonchev–Trinajstić information content (AvgIpc) is 2.61. The average molecular weight is 354 g/mol. The summed E-state index contributed by atoms with van der Waals surface area (Å²) >= 11 is 0. The summed E-state index contributed by atoms with van der Waals surface area (Å²) in [5.41, 5.74) is -0.789. The molecule has 10 heteroatoms. The second kappa shape index (κ2) is 6.63. The minimum Gasteiger partial charge on any atom is -0.480 e. The minimum absolute atomic E-state index is 0.107. The van der Waals surface area contributed by atoms with Crippen LogP contribution in [0.25, 0.3) is 11.4 Å². The molecule has 0 aliphatic carbocycles. The fourth-order valence-corrected chi connectivity index (χ4v) is 2.44. The second-order valence-electron chi connectivity index (χ2n) is 5.29. The predicted octanol–water partition coefficient (Wildman–Crippen LogP) is 1.85. The van der Waals surface area contributed by atoms with Crippen LogP contribution in [-0.2, 0) is 15.7 Å². The van der Waals surface area contributed by atoms with E-state index in [1.807, 2.05) is 0 Å². The second-order valence-corrected chi connectivity index (χ2v) is 5.29. The topological polar surface area (TPSA) is 88.4 Å². The Morgan fingerprint density at radius 1 is 1.28 bits per heavy atom. The quantitative estimate of drug-likeness (QED) is 0.900. The van der Waals surface area contributed by atoms with Gasteiger partial charge in [-0.05, 0) is 12.1 Å². The van der Waals surface area contributed by atoms with Gasteiger partial charge >= 0.3 is 12.1 Å². The van der Waals surface area contributed by atoms with Crippen molar-refractivity contribution in [3.8, 4) is 11.4 Å². The number of morpholine rings is 1. The number of anilines is 1. The third kappa shape index (κ3) is 3.68. The number of nitrogens with zero attached hydrogens (tertiary/aromatic N) is 4. The highest BCUT2D eigenvalue weighted by Gasteiger charge is 2.36. The van der Waals surface area contributed by atoms with E-state index in [0.29, 0.717) is 5.56 Å². The van der Waals surface area contributed by atoms with E-state index in [0.717, 1.165) is 6.07 Å². The standard InChI is InChI=1S/C15H13F3N4O3/c16-15(17,18)11-7-12(22-5-6-25-8-10(22)14(23)24)21-13(20-11)9-1-3-19-4-2-9/h1-4,7,10H,5-6,8H2,(H,23,24). The summed E-state index contributed by atoms with van der Waals surface area (Å²) in [7, 11) is 0. The molecule has 1 unspecified atom stereocenters. The minimum atomic E-state index is -4.69. The third-order valence-corrected chi connectivity index (χ3v) is 3.65. The lowest BCUT2D eigenvalue weighted by Gasteiger charge is -2.34. The number of carbonyl (C=O) groups is 1. The summed E-state index contributed by atoms with van der Waals surface area (Å²) in [4.78, 5) is 24.2. The summed E-state index contributed by atoms with van der Waals surface area (Å²) in [6.07, 6.45) is -1.87. The Balaban J connectivity index is 2.10. The molecule has 1 aliphatic heterocycles. The third-order valence-electron chi connectivity index (χ3n) is 3.65. The zero-order chi connectivity index (χ0) is 18.0. The molecule has 0 bridgehead atoms. The molecule has 3 heterocycles. The van der Waals surface area contributed by atoms with Crippen molar-refractivity contribution in [3.05, 3.63) is 36.3 Å². The maximum atomic E-state index is 13.2. The first-order chi connectivity index (χ1) is 11.9. The molecule has 3 rings (SSSR count). The molecule has 0 aromatic carbocycles. The fourth-order valence-electron chi connectivity index (χ4n) is 2.44. The molecule has 0 amide bonds. The zero-order valence-electron chi connectivity index (χ0n) is 12.8. The van der Waals surface area contributed by atoms with Crippen LogP contribution in [0.1, 0.15) is 5.69 Å². The molecule has 7 nitrogen and oxygen atoms in total. The predicted molar refractivity (Wildman–Crippen MR) is 79.9 cm³/mol. The Morgan fingerprint density at radius 3 is 2.64 bits per heavy atom. The molecule has 0 saturated carbocycles. The van der Waals surface area contributed by atoms with Gasteiger partial charge in [-0.25, -0.2) is 14.8 Å². The van der Waals surface area contributed by atoms with Gasteiger partial charge in [0.05, 0.1) is 13.2 Å². The van der Waals surface area contributed by atoms with Crippen LogP contribution in [0.15, 0.2) is 30.6 Å². The largest absolute Gasteiger partial charge is 0.480 e. The lowest BCUT2D eigenvalue weighted by molar-refractivity contribution is -0.141. The van der Waals surface area contributed by atoms with Gasteiger partial charge in [0, 0.05) is 30.6 Å². The van der Waals surface area contributed by atoms with Crippen LogP contribution in [0.4, 0.5) is 19.0 Å². The Morgan fingerprint density at radius 2 is 2.00 bits per heavy atom. The number of carboxylic acids is 1. The van der Waals surface area contributed by atoms with Gasteiger partial charge in [0.1, 0.15) is 5.82 Å². The van der Waals surface area contributed by atoms with E-state index >= 15 is 0 Å². The van der Waals surface area contributed by atoms with E-state index in [9.17, 15) is 23.1 Å². The number of carboxylic acid groups (broad SMARTS) is 1. The van der Waals surface area contributed by atoms with Crippen LogP contribution in [0, 0.1) is 0 Å². The number of alkyl halides is 3. The number of aromatic nitrogens is 3. The van der Waals surface area contributed by atoms with E-state index in [1.165, 1.54) is 29.4 Å². The summed E-state index contributed by atoms with van der Waals surface area (Å²) in [6, 6.07) is 2.60. The monoisotopic (exact) mass is 354 g/mol. The van der Waals surface area contributed by atoms with Crippen molar-refractivity contribution < 1.29 is 27.8 Å². The van der Waals surface area contributed by atoms with E-state index in [-0.39, 0.29) is 31.4 Å². The van der Waals surface area contributed by atoms with Crippen LogP contribution in [0.3, 0.4) is 0 Å². The molecule has 1 saturated heterocycles. The van der Waals surface area contributed by atoms with Gasteiger partial charge in [-0.15, -0.1) is 0 Å². The Hall–Kier alpha value is -2.75. The first kappa shape index (κ1) is 17.1. The smallest absolute Gasteiger partial charge is 0.433 e. The maximum absolute atomic E-state index is 13.2. The van der Waals surface area contributed by atoms with Crippen molar-refractivity contribution in [2.45, 2.75) is 12.2 Å². The lowest BCUT2D eigenvalue weighted by Crippen LogP contribution is -2.50. The Labute approximate surface area is 140 Å². The number of aliphatic carboxylic acids is 1. The van der Waals surface area contributed by atoms with Gasteiger partial charge in [0.15, 0.2) is 17.6 Å². The number of pyridine rings is 1. The van der Waals surface area contributed by atoms with Crippen LogP contribution in [-0.4, -0.2) is 51.8 Å². The molecule has 1 N–H and O–H groups in total. The van der Waals surface area contributed by atoms with E-state index in [2.05, 4.69) is 15.0 Å². The van der Waals surface area contributed by atoms with Crippen molar-refractivity contribution in [1.29, 1.82) is 0 Å². The normalized spacial score (nSPS) is 18.2. The maximum Gasteiger partial charge on any atom is 0.433 e. The highest BCUT2D eigenvalue weighted by atomic mass is 19.4. The number of hydrogen-bond donors (Lipinski definition) is 1. The van der Waals surface area contributed by atoms with Crippen LogP contribution >= 0.6 is 0 Å². The fraction of sp³-hybridized carbons (Fsp3) is 0.333. The molecule has 25 heavy (non-hydrogen) atoms. The summed E-state index contributed by atoms with van der Waals surface area (Å²) < 4.78 is 44.8. The van der Waals surface area contributed by atoms with E-state index in [1.54, 1.807) is 0 Å². The molecule has 0 radical (unpaired) electrons. The molecule has 2 aromatic rings.